The Morgan fingerprint density at radius 3 is 2.40 bits per heavy atom. The van der Waals surface area contributed by atoms with Crippen molar-refractivity contribution in [1.29, 1.82) is 0 Å². The lowest BCUT2D eigenvalue weighted by Gasteiger charge is -2.38. The fraction of sp³-hybridized carbons (Fsp3) is 0.579. The summed E-state index contributed by atoms with van der Waals surface area (Å²) in [5.41, 5.74) is 0.742. The lowest BCUT2D eigenvalue weighted by Crippen LogP contribution is -2.49. The molecule has 6 heteroatoms. The van der Waals surface area contributed by atoms with Crippen molar-refractivity contribution < 1.29 is 9.59 Å². The highest BCUT2D eigenvalue weighted by atomic mass is 35.5. The Morgan fingerprint density at radius 1 is 1.20 bits per heavy atom. The van der Waals surface area contributed by atoms with Gasteiger partial charge in [-0.2, -0.15) is 0 Å². The van der Waals surface area contributed by atoms with Gasteiger partial charge in [0.2, 0.25) is 5.91 Å². The van der Waals surface area contributed by atoms with Gasteiger partial charge >= 0.3 is 0 Å². The Bertz CT molecular complexity index is 531. The minimum absolute atomic E-state index is 0. The molecule has 140 valence electrons. The van der Waals surface area contributed by atoms with Crippen LogP contribution in [0.4, 0.5) is 0 Å². The van der Waals surface area contributed by atoms with E-state index in [0.29, 0.717) is 13.0 Å². The number of benzene rings is 1. The van der Waals surface area contributed by atoms with Gasteiger partial charge in [-0.25, -0.2) is 0 Å². The molecule has 25 heavy (non-hydrogen) atoms. The number of likely N-dealkylation sites (tertiary alicyclic amines) is 1. The first kappa shape index (κ1) is 21.5. The van der Waals surface area contributed by atoms with E-state index in [9.17, 15) is 9.59 Å². The fourth-order valence-corrected chi connectivity index (χ4v) is 3.27. The molecule has 0 unspecified atom stereocenters. The van der Waals surface area contributed by atoms with Crippen LogP contribution in [-0.4, -0.2) is 60.9 Å². The molecular weight excluding hydrogens is 338 g/mol. The van der Waals surface area contributed by atoms with E-state index in [1.54, 1.807) is 0 Å². The highest BCUT2D eigenvalue weighted by molar-refractivity contribution is 5.94. The van der Waals surface area contributed by atoms with Crippen molar-refractivity contribution in [2.24, 2.45) is 0 Å². The highest BCUT2D eigenvalue weighted by Gasteiger charge is 2.29. The molecule has 2 rings (SSSR count). The van der Waals surface area contributed by atoms with Crippen LogP contribution in [0.5, 0.6) is 0 Å². The normalized spacial score (nSPS) is 14.7. The fourth-order valence-electron chi connectivity index (χ4n) is 3.27. The minimum Gasteiger partial charge on any atom is -0.340 e. The second-order valence-corrected chi connectivity index (χ2v) is 6.33. The Morgan fingerprint density at radius 2 is 1.84 bits per heavy atom. The molecule has 1 fully saturated rings. The topological polar surface area (TPSA) is 52.7 Å². The van der Waals surface area contributed by atoms with Crippen LogP contribution in [0.15, 0.2) is 30.3 Å². The van der Waals surface area contributed by atoms with Crippen LogP contribution < -0.4 is 5.32 Å². The predicted octanol–water partition coefficient (Wildman–Crippen LogP) is 2.56. The molecule has 0 bridgehead atoms. The molecule has 5 nitrogen and oxygen atoms in total. The van der Waals surface area contributed by atoms with Crippen LogP contribution in [0, 0.1) is 0 Å². The third-order valence-electron chi connectivity index (χ3n) is 4.59. The smallest absolute Gasteiger partial charge is 0.253 e. The number of carbonyl (C=O) groups excluding carboxylic acids is 2. The number of hydrogen-bond acceptors (Lipinski definition) is 3. The summed E-state index contributed by atoms with van der Waals surface area (Å²) in [4.78, 5) is 28.9. The van der Waals surface area contributed by atoms with Crippen molar-refractivity contribution in [3.8, 4) is 0 Å². The summed E-state index contributed by atoms with van der Waals surface area (Å²) in [5.74, 6) is 0.316. The number of halogens is 1. The van der Waals surface area contributed by atoms with E-state index in [0.717, 1.165) is 44.5 Å². The molecule has 0 saturated carbocycles. The van der Waals surface area contributed by atoms with Crippen LogP contribution in [-0.2, 0) is 4.79 Å². The van der Waals surface area contributed by atoms with E-state index in [-0.39, 0.29) is 30.3 Å². The monoisotopic (exact) mass is 367 g/mol. The van der Waals surface area contributed by atoms with Gasteiger partial charge in [-0.15, -0.1) is 12.4 Å². The zero-order chi connectivity index (χ0) is 17.4. The van der Waals surface area contributed by atoms with Gasteiger partial charge in [0.05, 0.1) is 0 Å². The molecule has 1 heterocycles. The number of piperidine rings is 1. The number of hydrogen-bond donors (Lipinski definition) is 1. The van der Waals surface area contributed by atoms with Crippen molar-refractivity contribution in [3.05, 3.63) is 35.9 Å². The van der Waals surface area contributed by atoms with E-state index in [4.69, 9.17) is 0 Å². The zero-order valence-electron chi connectivity index (χ0n) is 15.2. The Balaban J connectivity index is 0.00000312. The Hall–Kier alpha value is -1.59. The Kier molecular flexibility index (Phi) is 9.53. The second kappa shape index (κ2) is 11.1. The highest BCUT2D eigenvalue weighted by Crippen LogP contribution is 2.19. The standard InChI is InChI=1S/C19H29N3O2.ClH/c1-3-13-22(18(23)9-12-20-2)17-10-14-21(15-11-17)19(24)16-7-5-4-6-8-16;/h4-8,17,20H,3,9-15H2,1-2H3;1H. The maximum atomic E-state index is 12.5. The van der Waals surface area contributed by atoms with Gasteiger partial charge in [0.15, 0.2) is 0 Å². The number of nitrogens with zero attached hydrogens (tertiary/aromatic N) is 2. The summed E-state index contributed by atoms with van der Waals surface area (Å²) in [6, 6.07) is 9.68. The molecule has 0 spiro atoms. The first-order chi connectivity index (χ1) is 11.7. The third kappa shape index (κ3) is 6.01. The molecule has 1 aliphatic heterocycles. The third-order valence-corrected chi connectivity index (χ3v) is 4.59. The summed E-state index contributed by atoms with van der Waals surface area (Å²) in [6.45, 7) is 5.06. The van der Waals surface area contributed by atoms with E-state index >= 15 is 0 Å². The average Bonchev–Trinajstić information content (AvgIpc) is 2.64. The molecule has 0 aromatic heterocycles. The molecule has 2 amide bonds. The molecule has 1 aliphatic rings. The summed E-state index contributed by atoms with van der Waals surface area (Å²) in [6.07, 6.45) is 3.24. The minimum atomic E-state index is 0. The van der Waals surface area contributed by atoms with Crippen LogP contribution in [0.25, 0.3) is 0 Å². The van der Waals surface area contributed by atoms with Gasteiger partial charge in [0.25, 0.3) is 5.91 Å². The summed E-state index contributed by atoms with van der Waals surface area (Å²) in [5, 5.41) is 3.04. The molecule has 1 N–H and O–H groups in total. The van der Waals surface area contributed by atoms with Gasteiger partial charge in [-0.05, 0) is 38.4 Å². The van der Waals surface area contributed by atoms with Gasteiger partial charge in [0.1, 0.15) is 0 Å². The SMILES string of the molecule is CCCN(C(=O)CCNC)C1CCN(C(=O)c2ccccc2)CC1.Cl. The summed E-state index contributed by atoms with van der Waals surface area (Å²) in [7, 11) is 1.87. The predicted molar refractivity (Wildman–Crippen MR) is 103 cm³/mol. The van der Waals surface area contributed by atoms with Gasteiger partial charge in [0, 0.05) is 44.2 Å². The van der Waals surface area contributed by atoms with E-state index < -0.39 is 0 Å². The number of carbonyl (C=O) groups is 2. The van der Waals surface area contributed by atoms with Crippen molar-refractivity contribution in [1.82, 2.24) is 15.1 Å². The number of amides is 2. The first-order valence-electron chi connectivity index (χ1n) is 8.95. The van der Waals surface area contributed by atoms with Crippen LogP contribution in [0.3, 0.4) is 0 Å². The molecular formula is C19H30ClN3O2. The van der Waals surface area contributed by atoms with Crippen LogP contribution >= 0.6 is 12.4 Å². The number of rotatable bonds is 7. The summed E-state index contributed by atoms with van der Waals surface area (Å²) < 4.78 is 0. The van der Waals surface area contributed by atoms with Crippen molar-refractivity contribution in [2.45, 2.75) is 38.6 Å². The zero-order valence-corrected chi connectivity index (χ0v) is 16.1. The second-order valence-electron chi connectivity index (χ2n) is 6.33. The van der Waals surface area contributed by atoms with Crippen molar-refractivity contribution >= 4 is 24.2 Å². The lowest BCUT2D eigenvalue weighted by molar-refractivity contribution is -0.134. The van der Waals surface area contributed by atoms with Crippen molar-refractivity contribution in [3.63, 3.8) is 0 Å². The van der Waals surface area contributed by atoms with Crippen LogP contribution in [0.2, 0.25) is 0 Å². The van der Waals surface area contributed by atoms with Crippen LogP contribution in [0.1, 0.15) is 43.0 Å². The first-order valence-corrected chi connectivity index (χ1v) is 8.95. The Labute approximate surface area is 157 Å². The van der Waals surface area contributed by atoms with E-state index in [1.165, 1.54) is 0 Å². The van der Waals surface area contributed by atoms with Gasteiger partial charge in [-0.1, -0.05) is 25.1 Å². The molecule has 0 radical (unpaired) electrons. The van der Waals surface area contributed by atoms with Gasteiger partial charge in [-0.3, -0.25) is 9.59 Å². The molecule has 1 aromatic rings. The average molecular weight is 368 g/mol. The van der Waals surface area contributed by atoms with E-state index in [1.807, 2.05) is 47.2 Å². The van der Waals surface area contributed by atoms with Crippen molar-refractivity contribution in [2.75, 3.05) is 33.2 Å². The molecule has 0 atom stereocenters. The maximum absolute atomic E-state index is 12.5. The molecule has 1 aromatic carbocycles. The lowest BCUT2D eigenvalue weighted by atomic mass is 10.0. The maximum Gasteiger partial charge on any atom is 0.253 e. The number of nitrogens with one attached hydrogen (secondary N) is 1. The molecule has 1 saturated heterocycles. The summed E-state index contributed by atoms with van der Waals surface area (Å²) >= 11 is 0. The quantitative estimate of drug-likeness (QED) is 0.805. The van der Waals surface area contributed by atoms with E-state index in [2.05, 4.69) is 12.2 Å². The van der Waals surface area contributed by atoms with Gasteiger partial charge < -0.3 is 15.1 Å². The molecule has 0 aliphatic carbocycles. The largest absolute Gasteiger partial charge is 0.340 e.